The van der Waals surface area contributed by atoms with Crippen LogP contribution in [0, 0.1) is 0 Å². The molecule has 0 saturated heterocycles. The van der Waals surface area contributed by atoms with E-state index in [1.165, 1.54) is 18.1 Å². The van der Waals surface area contributed by atoms with Gasteiger partial charge in [-0.2, -0.15) is 5.10 Å². The van der Waals surface area contributed by atoms with Crippen LogP contribution in [-0.4, -0.2) is 36.4 Å². The summed E-state index contributed by atoms with van der Waals surface area (Å²) in [5.74, 6) is 0.276. The molecule has 4 aromatic rings. The van der Waals surface area contributed by atoms with E-state index in [0.29, 0.717) is 5.75 Å². The molecule has 0 fully saturated rings. The standard InChI is InChI=1S/C18H16N6OS2/c1-12(13-2-4-14(5-3-13)24-11-19-9-22-24)23-16(25)8-27-18-15-6-7-26-17(15)20-10-21-18/h2-7,9-12H,8H2,1H3,(H,23,25)/t12-/m1/s1. The summed E-state index contributed by atoms with van der Waals surface area (Å²) in [5.41, 5.74) is 1.95. The van der Waals surface area contributed by atoms with E-state index in [2.05, 4.69) is 25.4 Å². The number of thiophene rings is 1. The summed E-state index contributed by atoms with van der Waals surface area (Å²) in [7, 11) is 0. The second-order valence-corrected chi connectivity index (χ2v) is 7.69. The van der Waals surface area contributed by atoms with Gasteiger partial charge in [-0.3, -0.25) is 4.79 Å². The summed E-state index contributed by atoms with van der Waals surface area (Å²) in [6.07, 6.45) is 4.68. The maximum atomic E-state index is 12.3. The van der Waals surface area contributed by atoms with Crippen molar-refractivity contribution in [1.82, 2.24) is 30.0 Å². The van der Waals surface area contributed by atoms with Crippen molar-refractivity contribution in [2.45, 2.75) is 18.0 Å². The Morgan fingerprint density at radius 2 is 2.07 bits per heavy atom. The Bertz CT molecular complexity index is 1050. The van der Waals surface area contributed by atoms with E-state index in [-0.39, 0.29) is 11.9 Å². The average Bonchev–Trinajstić information content (AvgIpc) is 3.38. The molecule has 1 amide bonds. The van der Waals surface area contributed by atoms with Gasteiger partial charge in [-0.15, -0.1) is 11.3 Å². The van der Waals surface area contributed by atoms with Gasteiger partial charge in [-0.25, -0.2) is 19.6 Å². The maximum absolute atomic E-state index is 12.3. The highest BCUT2D eigenvalue weighted by Gasteiger charge is 2.12. The molecular weight excluding hydrogens is 380 g/mol. The number of nitrogens with zero attached hydrogens (tertiary/aromatic N) is 5. The van der Waals surface area contributed by atoms with Gasteiger partial charge < -0.3 is 5.32 Å². The van der Waals surface area contributed by atoms with Gasteiger partial charge in [0.25, 0.3) is 0 Å². The van der Waals surface area contributed by atoms with Crippen molar-refractivity contribution < 1.29 is 4.79 Å². The molecule has 7 nitrogen and oxygen atoms in total. The Labute approximate surface area is 163 Å². The van der Waals surface area contributed by atoms with Gasteiger partial charge in [-0.1, -0.05) is 23.9 Å². The lowest BCUT2D eigenvalue weighted by molar-refractivity contribution is -0.119. The van der Waals surface area contributed by atoms with Gasteiger partial charge in [0.15, 0.2) is 0 Å². The fourth-order valence-corrected chi connectivity index (χ4v) is 4.23. The minimum absolute atomic E-state index is 0.0326. The lowest BCUT2D eigenvalue weighted by Gasteiger charge is -2.14. The number of aromatic nitrogens is 5. The third kappa shape index (κ3) is 3.99. The molecule has 0 spiro atoms. The topological polar surface area (TPSA) is 85.6 Å². The zero-order valence-electron chi connectivity index (χ0n) is 14.4. The number of thioether (sulfide) groups is 1. The van der Waals surface area contributed by atoms with Crippen LogP contribution in [0.3, 0.4) is 0 Å². The van der Waals surface area contributed by atoms with Gasteiger partial charge in [0.1, 0.15) is 28.8 Å². The van der Waals surface area contributed by atoms with Crippen LogP contribution in [0.1, 0.15) is 18.5 Å². The molecule has 27 heavy (non-hydrogen) atoms. The lowest BCUT2D eigenvalue weighted by atomic mass is 10.1. The van der Waals surface area contributed by atoms with Crippen molar-refractivity contribution in [2.24, 2.45) is 0 Å². The molecule has 9 heteroatoms. The lowest BCUT2D eigenvalue weighted by Crippen LogP contribution is -2.28. The van der Waals surface area contributed by atoms with Crippen LogP contribution in [0.4, 0.5) is 0 Å². The Morgan fingerprint density at radius 3 is 2.85 bits per heavy atom. The van der Waals surface area contributed by atoms with Crippen LogP contribution >= 0.6 is 23.1 Å². The quantitative estimate of drug-likeness (QED) is 0.398. The van der Waals surface area contributed by atoms with Crippen molar-refractivity contribution >= 4 is 39.2 Å². The van der Waals surface area contributed by atoms with Crippen molar-refractivity contribution in [3.63, 3.8) is 0 Å². The minimum atomic E-state index is -0.0885. The molecule has 136 valence electrons. The van der Waals surface area contributed by atoms with E-state index >= 15 is 0 Å². The smallest absolute Gasteiger partial charge is 0.230 e. The predicted octanol–water partition coefficient (Wildman–Crippen LogP) is 3.24. The summed E-state index contributed by atoms with van der Waals surface area (Å²) in [6, 6.07) is 9.77. The molecule has 1 N–H and O–H groups in total. The van der Waals surface area contributed by atoms with Gasteiger partial charge in [0.2, 0.25) is 5.91 Å². The third-order valence-electron chi connectivity index (χ3n) is 4.02. The Hall–Kier alpha value is -2.78. The van der Waals surface area contributed by atoms with E-state index < -0.39 is 0 Å². The summed E-state index contributed by atoms with van der Waals surface area (Å²) in [6.45, 7) is 1.97. The summed E-state index contributed by atoms with van der Waals surface area (Å²) < 4.78 is 1.69. The van der Waals surface area contributed by atoms with Gasteiger partial charge in [-0.05, 0) is 36.1 Å². The number of nitrogens with one attached hydrogen (secondary N) is 1. The molecule has 3 heterocycles. The molecule has 4 rings (SSSR count). The first-order chi connectivity index (χ1) is 13.2. The monoisotopic (exact) mass is 396 g/mol. The van der Waals surface area contributed by atoms with E-state index in [0.717, 1.165) is 26.5 Å². The number of carbonyl (C=O) groups is 1. The molecule has 1 aromatic carbocycles. The fourth-order valence-electron chi connectivity index (χ4n) is 2.64. The number of amides is 1. The van der Waals surface area contributed by atoms with Crippen molar-refractivity contribution in [1.29, 1.82) is 0 Å². The van der Waals surface area contributed by atoms with E-state index in [9.17, 15) is 4.79 Å². The van der Waals surface area contributed by atoms with Crippen molar-refractivity contribution in [2.75, 3.05) is 5.75 Å². The van der Waals surface area contributed by atoms with Gasteiger partial charge >= 0.3 is 0 Å². The van der Waals surface area contributed by atoms with Crippen LogP contribution in [0.5, 0.6) is 0 Å². The van der Waals surface area contributed by atoms with Crippen LogP contribution in [0.2, 0.25) is 0 Å². The normalized spacial score (nSPS) is 12.2. The zero-order valence-corrected chi connectivity index (χ0v) is 16.1. The number of benzene rings is 1. The predicted molar refractivity (Wildman–Crippen MR) is 106 cm³/mol. The Kier molecular flexibility index (Phi) is 5.12. The first kappa shape index (κ1) is 17.6. The highest BCUT2D eigenvalue weighted by atomic mass is 32.2. The summed E-state index contributed by atoms with van der Waals surface area (Å²) in [5, 5.41) is 10.9. The van der Waals surface area contributed by atoms with E-state index in [1.807, 2.05) is 42.6 Å². The molecule has 0 radical (unpaired) electrons. The Morgan fingerprint density at radius 1 is 1.22 bits per heavy atom. The van der Waals surface area contributed by atoms with Crippen LogP contribution in [0.25, 0.3) is 15.9 Å². The maximum Gasteiger partial charge on any atom is 0.230 e. The van der Waals surface area contributed by atoms with Gasteiger partial charge in [0, 0.05) is 5.39 Å². The highest BCUT2D eigenvalue weighted by Crippen LogP contribution is 2.27. The number of hydrogen-bond acceptors (Lipinski definition) is 7. The number of carbonyl (C=O) groups excluding carboxylic acids is 1. The minimum Gasteiger partial charge on any atom is -0.349 e. The molecule has 0 aliphatic rings. The molecule has 0 saturated carbocycles. The molecular formula is C18H16N6OS2. The SMILES string of the molecule is C[C@@H](NC(=O)CSc1ncnc2sccc12)c1ccc(-n2cncn2)cc1. The number of hydrogen-bond donors (Lipinski definition) is 1. The zero-order chi connectivity index (χ0) is 18.6. The number of rotatable bonds is 6. The average molecular weight is 397 g/mol. The molecule has 1 atom stereocenters. The first-order valence-electron chi connectivity index (χ1n) is 8.26. The van der Waals surface area contributed by atoms with E-state index in [4.69, 9.17) is 0 Å². The second-order valence-electron chi connectivity index (χ2n) is 5.83. The number of fused-ring (bicyclic) bond motifs is 1. The molecule has 0 unspecified atom stereocenters. The molecule has 3 aromatic heterocycles. The fraction of sp³-hybridized carbons (Fsp3) is 0.167. The van der Waals surface area contributed by atoms with Crippen molar-refractivity contribution in [3.8, 4) is 5.69 Å². The van der Waals surface area contributed by atoms with Crippen molar-refractivity contribution in [3.05, 3.63) is 60.3 Å². The molecule has 0 bridgehead atoms. The summed E-state index contributed by atoms with van der Waals surface area (Å²) in [4.78, 5) is 25.7. The van der Waals surface area contributed by atoms with Crippen LogP contribution in [-0.2, 0) is 4.79 Å². The largest absolute Gasteiger partial charge is 0.349 e. The Balaban J connectivity index is 1.35. The van der Waals surface area contributed by atoms with Crippen LogP contribution < -0.4 is 5.32 Å². The molecule has 0 aliphatic heterocycles. The van der Waals surface area contributed by atoms with Crippen LogP contribution in [0.15, 0.2) is 59.7 Å². The third-order valence-corrected chi connectivity index (χ3v) is 5.85. The van der Waals surface area contributed by atoms with Gasteiger partial charge in [0.05, 0.1) is 17.5 Å². The highest BCUT2D eigenvalue weighted by molar-refractivity contribution is 8.00. The summed E-state index contributed by atoms with van der Waals surface area (Å²) >= 11 is 2.99. The molecule has 0 aliphatic carbocycles. The van der Waals surface area contributed by atoms with E-state index in [1.54, 1.807) is 28.7 Å². The second kappa shape index (κ2) is 7.85. The first-order valence-corrected chi connectivity index (χ1v) is 10.1.